The summed E-state index contributed by atoms with van der Waals surface area (Å²) in [6.07, 6.45) is 0.447. The topological polar surface area (TPSA) is 66.4 Å². The number of aliphatic hydroxyl groups excluding tert-OH is 1. The summed E-state index contributed by atoms with van der Waals surface area (Å²) in [7, 11) is -3.61. The molecule has 0 saturated heterocycles. The molecule has 21 heavy (non-hydrogen) atoms. The molecule has 114 valence electrons. The number of thiophene rings is 1. The molecule has 0 fully saturated rings. The molecule has 0 unspecified atom stereocenters. The molecule has 0 radical (unpaired) electrons. The Morgan fingerprint density at radius 3 is 2.52 bits per heavy atom. The second-order valence-corrected chi connectivity index (χ2v) is 9.02. The van der Waals surface area contributed by atoms with Gasteiger partial charge in [0.1, 0.15) is 4.21 Å². The number of benzene rings is 1. The van der Waals surface area contributed by atoms with Crippen LogP contribution in [0.1, 0.15) is 11.1 Å². The van der Waals surface area contributed by atoms with Crippen molar-refractivity contribution in [3.63, 3.8) is 0 Å². The summed E-state index contributed by atoms with van der Waals surface area (Å²) in [5.74, 6) is 0. The van der Waals surface area contributed by atoms with Crippen molar-refractivity contribution in [2.75, 3.05) is 6.61 Å². The average molecular weight is 390 g/mol. The number of aryl methyl sites for hydroxylation is 1. The van der Waals surface area contributed by atoms with E-state index >= 15 is 0 Å². The molecule has 2 N–H and O–H groups in total. The maximum Gasteiger partial charge on any atom is 0.250 e. The van der Waals surface area contributed by atoms with E-state index in [4.69, 9.17) is 0 Å². The first-order chi connectivity index (χ1) is 9.92. The predicted molar refractivity (Wildman–Crippen MR) is 88.1 cm³/mol. The second kappa shape index (κ2) is 7.02. The molecule has 0 aliphatic carbocycles. The SMILES string of the molecule is Cc1cc(S(=O)(=O)N[C@H](CO)Cc2ccccc2)sc1Br. The minimum absolute atomic E-state index is 0.249. The van der Waals surface area contributed by atoms with Crippen LogP contribution < -0.4 is 4.72 Å². The lowest BCUT2D eigenvalue weighted by molar-refractivity contribution is 0.256. The highest BCUT2D eigenvalue weighted by molar-refractivity contribution is 9.11. The molecule has 1 aromatic carbocycles. The summed E-state index contributed by atoms with van der Waals surface area (Å²) in [6, 6.07) is 10.6. The van der Waals surface area contributed by atoms with Gasteiger partial charge < -0.3 is 5.11 Å². The van der Waals surface area contributed by atoms with Crippen LogP contribution in [0.25, 0.3) is 0 Å². The standard InChI is InChI=1S/C14H16BrNO3S2/c1-10-7-13(20-14(10)15)21(18,19)16-12(9-17)8-11-5-3-2-4-6-11/h2-7,12,16-17H,8-9H2,1H3/t12-/m0/s1. The molecule has 0 amide bonds. The average Bonchev–Trinajstić information content (AvgIpc) is 2.80. The van der Waals surface area contributed by atoms with Crippen molar-refractivity contribution in [1.82, 2.24) is 4.72 Å². The highest BCUT2D eigenvalue weighted by Crippen LogP contribution is 2.30. The number of hydrogen-bond acceptors (Lipinski definition) is 4. The number of nitrogens with one attached hydrogen (secondary N) is 1. The van der Waals surface area contributed by atoms with Crippen LogP contribution in [-0.4, -0.2) is 26.2 Å². The van der Waals surface area contributed by atoms with Gasteiger partial charge in [-0.25, -0.2) is 13.1 Å². The Morgan fingerprint density at radius 2 is 2.00 bits per heavy atom. The number of sulfonamides is 1. The molecule has 2 rings (SSSR count). The van der Waals surface area contributed by atoms with Gasteiger partial charge in [-0.3, -0.25) is 0 Å². The van der Waals surface area contributed by atoms with Gasteiger partial charge >= 0.3 is 0 Å². The Labute approximate surface area is 137 Å². The van der Waals surface area contributed by atoms with Crippen molar-refractivity contribution in [2.45, 2.75) is 23.6 Å². The van der Waals surface area contributed by atoms with E-state index in [1.54, 1.807) is 6.07 Å². The zero-order valence-electron chi connectivity index (χ0n) is 11.4. The van der Waals surface area contributed by atoms with Crippen LogP contribution in [0.2, 0.25) is 0 Å². The van der Waals surface area contributed by atoms with E-state index in [-0.39, 0.29) is 10.8 Å². The summed E-state index contributed by atoms with van der Waals surface area (Å²) in [5.41, 5.74) is 1.85. The number of halogens is 1. The zero-order valence-corrected chi connectivity index (χ0v) is 14.6. The van der Waals surface area contributed by atoms with Gasteiger partial charge in [-0.2, -0.15) is 0 Å². The monoisotopic (exact) mass is 389 g/mol. The van der Waals surface area contributed by atoms with E-state index < -0.39 is 16.1 Å². The summed E-state index contributed by atoms with van der Waals surface area (Å²) in [4.78, 5) is 0. The number of rotatable bonds is 6. The zero-order chi connectivity index (χ0) is 15.5. The summed E-state index contributed by atoms with van der Waals surface area (Å²) in [5, 5.41) is 9.42. The Kier molecular flexibility index (Phi) is 5.56. The fourth-order valence-corrected chi connectivity index (χ4v) is 5.35. The fraction of sp³-hybridized carbons (Fsp3) is 0.286. The Hall–Kier alpha value is -0.730. The van der Waals surface area contributed by atoms with Gasteiger partial charge in [0, 0.05) is 6.04 Å². The molecule has 4 nitrogen and oxygen atoms in total. The largest absolute Gasteiger partial charge is 0.395 e. The lowest BCUT2D eigenvalue weighted by Crippen LogP contribution is -2.38. The molecule has 0 aliphatic rings. The first kappa shape index (κ1) is 16.6. The minimum atomic E-state index is -3.61. The molecule has 0 aliphatic heterocycles. The molecule has 1 heterocycles. The van der Waals surface area contributed by atoms with E-state index in [1.165, 1.54) is 0 Å². The van der Waals surface area contributed by atoms with Crippen molar-refractivity contribution in [3.8, 4) is 0 Å². The van der Waals surface area contributed by atoms with Crippen molar-refractivity contribution in [3.05, 3.63) is 51.3 Å². The number of hydrogen-bond donors (Lipinski definition) is 2. The minimum Gasteiger partial charge on any atom is -0.395 e. The van der Waals surface area contributed by atoms with Crippen molar-refractivity contribution in [1.29, 1.82) is 0 Å². The normalized spacial score (nSPS) is 13.3. The van der Waals surface area contributed by atoms with Crippen molar-refractivity contribution >= 4 is 37.3 Å². The Morgan fingerprint density at radius 1 is 1.33 bits per heavy atom. The Bertz CT molecular complexity index is 679. The van der Waals surface area contributed by atoms with E-state index in [1.807, 2.05) is 37.3 Å². The van der Waals surface area contributed by atoms with Crippen LogP contribution in [0.15, 0.2) is 44.4 Å². The second-order valence-electron chi connectivity index (χ2n) is 4.71. The molecule has 1 atom stereocenters. The van der Waals surface area contributed by atoms with Gasteiger partial charge in [-0.1, -0.05) is 30.3 Å². The smallest absolute Gasteiger partial charge is 0.250 e. The van der Waals surface area contributed by atoms with Gasteiger partial charge in [0.15, 0.2) is 0 Å². The third-order valence-electron chi connectivity index (χ3n) is 2.97. The van der Waals surface area contributed by atoms with E-state index in [0.717, 1.165) is 26.3 Å². The molecule has 1 aromatic heterocycles. The highest BCUT2D eigenvalue weighted by Gasteiger charge is 2.22. The van der Waals surface area contributed by atoms with Gasteiger partial charge in [0.2, 0.25) is 10.0 Å². The van der Waals surface area contributed by atoms with Crippen LogP contribution in [0.5, 0.6) is 0 Å². The first-order valence-electron chi connectivity index (χ1n) is 6.35. The summed E-state index contributed by atoms with van der Waals surface area (Å²) < 4.78 is 28.3. The lowest BCUT2D eigenvalue weighted by atomic mass is 10.1. The molecule has 0 spiro atoms. The first-order valence-corrected chi connectivity index (χ1v) is 9.44. The summed E-state index contributed by atoms with van der Waals surface area (Å²) >= 11 is 4.49. The van der Waals surface area contributed by atoms with Crippen LogP contribution in [0.3, 0.4) is 0 Å². The lowest BCUT2D eigenvalue weighted by Gasteiger charge is -2.15. The van der Waals surface area contributed by atoms with Gasteiger partial charge in [-0.05, 0) is 46.5 Å². The maximum atomic E-state index is 12.3. The molecule has 2 aromatic rings. The van der Waals surface area contributed by atoms with Crippen LogP contribution in [-0.2, 0) is 16.4 Å². The van der Waals surface area contributed by atoms with E-state index in [0.29, 0.717) is 6.42 Å². The molecule has 0 saturated carbocycles. The maximum absolute atomic E-state index is 12.3. The van der Waals surface area contributed by atoms with E-state index in [9.17, 15) is 13.5 Å². The molecular weight excluding hydrogens is 374 g/mol. The van der Waals surface area contributed by atoms with Gasteiger partial charge in [0.25, 0.3) is 0 Å². The summed E-state index contributed by atoms with van der Waals surface area (Å²) in [6.45, 7) is 1.59. The molecule has 7 heteroatoms. The van der Waals surface area contributed by atoms with Crippen molar-refractivity contribution in [2.24, 2.45) is 0 Å². The molecule has 0 bridgehead atoms. The van der Waals surface area contributed by atoms with E-state index in [2.05, 4.69) is 20.7 Å². The Balaban J connectivity index is 2.14. The van der Waals surface area contributed by atoms with Crippen molar-refractivity contribution < 1.29 is 13.5 Å². The molecular formula is C14H16BrNO3S2. The van der Waals surface area contributed by atoms with Gasteiger partial charge in [0.05, 0.1) is 10.4 Å². The third kappa shape index (κ3) is 4.37. The van der Waals surface area contributed by atoms with Gasteiger partial charge in [-0.15, -0.1) is 11.3 Å². The predicted octanol–water partition coefficient (Wildman–Crippen LogP) is 2.70. The highest BCUT2D eigenvalue weighted by atomic mass is 79.9. The quantitative estimate of drug-likeness (QED) is 0.797. The number of aliphatic hydroxyl groups is 1. The van der Waals surface area contributed by atoms with Crippen LogP contribution in [0, 0.1) is 6.92 Å². The third-order valence-corrected chi connectivity index (χ3v) is 7.10. The van der Waals surface area contributed by atoms with Crippen LogP contribution >= 0.6 is 27.3 Å². The van der Waals surface area contributed by atoms with Crippen LogP contribution in [0.4, 0.5) is 0 Å². The fourth-order valence-electron chi connectivity index (χ4n) is 1.88.